The fourth-order valence-corrected chi connectivity index (χ4v) is 3.86. The molecule has 0 aliphatic heterocycles. The topological polar surface area (TPSA) is 20.2 Å². The molecule has 3 rings (SSSR count). The van der Waals surface area contributed by atoms with Gasteiger partial charge in [-0.25, -0.2) is 0 Å². The fraction of sp³-hybridized carbons (Fsp3) is 0.368. The Morgan fingerprint density at radius 3 is 2.17 bits per heavy atom. The van der Waals surface area contributed by atoms with Crippen molar-refractivity contribution in [3.63, 3.8) is 0 Å². The Hall–Kier alpha value is -1.81. The van der Waals surface area contributed by atoms with Crippen LogP contribution < -0.4 is 0 Å². The fourth-order valence-electron chi connectivity index (χ4n) is 3.86. The van der Waals surface area contributed by atoms with Crippen LogP contribution in [0.3, 0.4) is 0 Å². The smallest absolute Gasteiger partial charge is 0.372 e. The molecule has 0 aromatic heterocycles. The summed E-state index contributed by atoms with van der Waals surface area (Å²) in [4.78, 5) is 0. The maximum atomic E-state index is 13.9. The van der Waals surface area contributed by atoms with Crippen LogP contribution in [-0.4, -0.2) is 11.3 Å². The van der Waals surface area contributed by atoms with Crippen molar-refractivity contribution in [2.24, 2.45) is 0 Å². The van der Waals surface area contributed by atoms with Crippen LogP contribution in [-0.2, 0) is 12.0 Å². The lowest BCUT2D eigenvalue weighted by molar-refractivity contribution is -0.247. The minimum atomic E-state index is -4.77. The van der Waals surface area contributed by atoms with Crippen molar-refractivity contribution < 1.29 is 18.3 Å². The van der Waals surface area contributed by atoms with Gasteiger partial charge in [-0.3, -0.25) is 0 Å². The molecule has 0 saturated heterocycles. The number of aliphatic hydroxyl groups is 1. The molecule has 0 heterocycles. The Morgan fingerprint density at radius 1 is 1.00 bits per heavy atom. The molecule has 1 aliphatic carbocycles. The molecule has 0 radical (unpaired) electrons. The summed E-state index contributed by atoms with van der Waals surface area (Å²) in [6, 6.07) is 6.31. The predicted octanol–water partition coefficient (Wildman–Crippen LogP) is 4.95. The van der Waals surface area contributed by atoms with E-state index in [1.807, 2.05) is 20.8 Å². The predicted molar refractivity (Wildman–Crippen MR) is 84.5 cm³/mol. The molecular weight excluding hydrogens is 301 g/mol. The first kappa shape index (κ1) is 16.1. The summed E-state index contributed by atoms with van der Waals surface area (Å²) in [5.74, 6) is 0. The van der Waals surface area contributed by atoms with E-state index in [1.165, 1.54) is 6.07 Å². The van der Waals surface area contributed by atoms with E-state index in [4.69, 9.17) is 0 Å². The van der Waals surface area contributed by atoms with Crippen molar-refractivity contribution in [1.82, 2.24) is 0 Å². The van der Waals surface area contributed by atoms with Gasteiger partial charge in [0.05, 0.1) is 0 Å². The second-order valence-electron chi connectivity index (χ2n) is 6.21. The molecule has 0 amide bonds. The molecule has 1 nitrogen and oxygen atoms in total. The Labute approximate surface area is 133 Å². The molecule has 0 bridgehead atoms. The number of hydrogen-bond donors (Lipinski definition) is 1. The van der Waals surface area contributed by atoms with Crippen LogP contribution in [0.4, 0.5) is 13.2 Å². The van der Waals surface area contributed by atoms with Crippen LogP contribution in [0.1, 0.15) is 40.3 Å². The van der Waals surface area contributed by atoms with Crippen molar-refractivity contribution in [2.45, 2.75) is 45.9 Å². The van der Waals surface area contributed by atoms with Gasteiger partial charge in [-0.15, -0.1) is 0 Å². The highest BCUT2D eigenvalue weighted by atomic mass is 19.4. The van der Waals surface area contributed by atoms with E-state index in [1.54, 1.807) is 25.1 Å². The van der Waals surface area contributed by atoms with Gasteiger partial charge >= 0.3 is 6.18 Å². The number of alkyl halides is 3. The molecule has 0 spiro atoms. The monoisotopic (exact) mass is 320 g/mol. The third kappa shape index (κ3) is 1.84. The number of halogens is 3. The summed E-state index contributed by atoms with van der Waals surface area (Å²) in [6.07, 6.45) is -4.15. The molecule has 23 heavy (non-hydrogen) atoms. The van der Waals surface area contributed by atoms with Gasteiger partial charge in [0.1, 0.15) is 0 Å². The maximum absolute atomic E-state index is 13.9. The summed E-state index contributed by atoms with van der Waals surface area (Å²) in [5, 5.41) is 10.8. The molecule has 2 aromatic rings. The molecule has 0 unspecified atom stereocenters. The molecule has 1 aliphatic rings. The molecule has 2 aromatic carbocycles. The highest BCUT2D eigenvalue weighted by Gasteiger charge is 2.61. The van der Waals surface area contributed by atoms with Gasteiger partial charge in [-0.2, -0.15) is 13.2 Å². The van der Waals surface area contributed by atoms with Gasteiger partial charge in [-0.05, 0) is 60.6 Å². The minimum absolute atomic E-state index is 0.00569. The van der Waals surface area contributed by atoms with Crippen LogP contribution in [0.2, 0.25) is 0 Å². The molecule has 4 heteroatoms. The first-order chi connectivity index (χ1) is 10.7. The third-order valence-electron chi connectivity index (χ3n) is 5.22. The first-order valence-corrected chi connectivity index (χ1v) is 7.68. The lowest BCUT2D eigenvalue weighted by Gasteiger charge is -2.31. The second kappa shape index (κ2) is 4.84. The Morgan fingerprint density at radius 2 is 1.61 bits per heavy atom. The number of hydrogen-bond acceptors (Lipinski definition) is 1. The van der Waals surface area contributed by atoms with E-state index in [-0.39, 0.29) is 11.1 Å². The molecule has 122 valence electrons. The molecule has 1 N–H and O–H groups in total. The number of fused-ring (bicyclic) bond motifs is 3. The van der Waals surface area contributed by atoms with E-state index in [9.17, 15) is 18.3 Å². The zero-order valence-corrected chi connectivity index (χ0v) is 13.6. The Kier molecular flexibility index (Phi) is 3.38. The van der Waals surface area contributed by atoms with E-state index in [2.05, 4.69) is 0 Å². The molecule has 0 fully saturated rings. The van der Waals surface area contributed by atoms with Gasteiger partial charge in [-0.1, -0.05) is 31.2 Å². The van der Waals surface area contributed by atoms with Gasteiger partial charge in [0.15, 0.2) is 0 Å². The van der Waals surface area contributed by atoms with E-state index in [0.717, 1.165) is 16.7 Å². The summed E-state index contributed by atoms with van der Waals surface area (Å²) in [5.41, 5.74) is 1.28. The normalized spacial score (nSPS) is 19.7. The standard InChI is InChI=1S/C19H19F3O/c1-5-13-11(3)10(2)12(4)17-16(13)14-8-6-7-9-15(14)18(17,23)19(20,21)22/h6-9,23H,5H2,1-4H3/t18-/m1/s1. The molecule has 1 atom stereocenters. The van der Waals surface area contributed by atoms with E-state index in [0.29, 0.717) is 23.1 Å². The van der Waals surface area contributed by atoms with Crippen LogP contribution in [0.5, 0.6) is 0 Å². The van der Waals surface area contributed by atoms with Crippen molar-refractivity contribution in [1.29, 1.82) is 0 Å². The first-order valence-electron chi connectivity index (χ1n) is 7.68. The van der Waals surface area contributed by atoms with Gasteiger partial charge < -0.3 is 5.11 Å². The van der Waals surface area contributed by atoms with Gasteiger partial charge in [0, 0.05) is 11.1 Å². The minimum Gasteiger partial charge on any atom is -0.372 e. The van der Waals surface area contributed by atoms with Crippen LogP contribution in [0.15, 0.2) is 24.3 Å². The highest BCUT2D eigenvalue weighted by molar-refractivity contribution is 5.85. The zero-order chi connectivity index (χ0) is 17.2. The second-order valence-corrected chi connectivity index (χ2v) is 6.21. The summed E-state index contributed by atoms with van der Waals surface area (Å²) in [7, 11) is 0. The third-order valence-corrected chi connectivity index (χ3v) is 5.22. The lowest BCUT2D eigenvalue weighted by Crippen LogP contribution is -2.42. The summed E-state index contributed by atoms with van der Waals surface area (Å²) < 4.78 is 41.7. The molecule has 0 saturated carbocycles. The zero-order valence-electron chi connectivity index (χ0n) is 13.6. The van der Waals surface area contributed by atoms with Crippen molar-refractivity contribution >= 4 is 0 Å². The van der Waals surface area contributed by atoms with E-state index >= 15 is 0 Å². The van der Waals surface area contributed by atoms with E-state index < -0.39 is 11.8 Å². The van der Waals surface area contributed by atoms with Crippen LogP contribution in [0, 0.1) is 20.8 Å². The highest BCUT2D eigenvalue weighted by Crippen LogP contribution is 2.57. The Balaban J connectivity index is 2.57. The van der Waals surface area contributed by atoms with Crippen molar-refractivity contribution in [2.75, 3.05) is 0 Å². The van der Waals surface area contributed by atoms with Crippen molar-refractivity contribution in [3.05, 3.63) is 57.6 Å². The largest absolute Gasteiger partial charge is 0.425 e. The quantitative estimate of drug-likeness (QED) is 0.788. The SMILES string of the molecule is CCc1c(C)c(C)c(C)c2c1-c1ccccc1[C@]2(O)C(F)(F)F. The van der Waals surface area contributed by atoms with Gasteiger partial charge in [0.25, 0.3) is 0 Å². The van der Waals surface area contributed by atoms with Crippen LogP contribution >= 0.6 is 0 Å². The van der Waals surface area contributed by atoms with Crippen molar-refractivity contribution in [3.8, 4) is 11.1 Å². The lowest BCUT2D eigenvalue weighted by atomic mass is 9.82. The molecular formula is C19H19F3O. The maximum Gasteiger partial charge on any atom is 0.425 e. The van der Waals surface area contributed by atoms with Gasteiger partial charge in [0.2, 0.25) is 5.60 Å². The average Bonchev–Trinajstić information content (AvgIpc) is 2.77. The van der Waals surface area contributed by atoms with Crippen LogP contribution in [0.25, 0.3) is 11.1 Å². The number of rotatable bonds is 1. The average molecular weight is 320 g/mol. The Bertz CT molecular complexity index is 805. The number of benzene rings is 2. The summed E-state index contributed by atoms with van der Waals surface area (Å²) >= 11 is 0. The summed E-state index contributed by atoms with van der Waals surface area (Å²) in [6.45, 7) is 7.37.